The number of carbonyl (C=O) groups excluding carboxylic acids is 1. The predicted molar refractivity (Wildman–Crippen MR) is 121 cm³/mol. The van der Waals surface area contributed by atoms with Crippen molar-refractivity contribution in [3.05, 3.63) is 59.4 Å². The molecule has 3 aromatic rings. The number of para-hydroxylation sites is 2. The van der Waals surface area contributed by atoms with E-state index < -0.39 is 0 Å². The van der Waals surface area contributed by atoms with Crippen molar-refractivity contribution in [2.45, 2.75) is 33.2 Å². The van der Waals surface area contributed by atoms with Crippen molar-refractivity contribution >= 4 is 16.9 Å². The normalized spacial score (nSPS) is 11.2. The van der Waals surface area contributed by atoms with E-state index in [-0.39, 0.29) is 12.5 Å². The zero-order valence-electron chi connectivity index (χ0n) is 18.4. The number of fused-ring (bicyclic) bond motifs is 1. The van der Waals surface area contributed by atoms with E-state index in [0.29, 0.717) is 13.0 Å². The van der Waals surface area contributed by atoms with Crippen molar-refractivity contribution < 1.29 is 9.53 Å². The largest absolute Gasteiger partial charge is 0.483 e. The minimum absolute atomic E-state index is 0.0174. The Morgan fingerprint density at radius 1 is 1.17 bits per heavy atom. The zero-order valence-corrected chi connectivity index (χ0v) is 18.4. The van der Waals surface area contributed by atoms with Gasteiger partial charge in [-0.3, -0.25) is 4.79 Å². The van der Waals surface area contributed by atoms with Crippen LogP contribution in [0.15, 0.2) is 42.5 Å². The summed E-state index contributed by atoms with van der Waals surface area (Å²) in [4.78, 5) is 19.2. The monoisotopic (exact) mass is 408 g/mol. The van der Waals surface area contributed by atoms with Crippen molar-refractivity contribution in [2.24, 2.45) is 0 Å². The number of aromatic nitrogens is 2. The number of imidazole rings is 1. The number of nitrogens with one attached hydrogen (secondary N) is 1. The number of hydrogen-bond acceptors (Lipinski definition) is 4. The highest BCUT2D eigenvalue weighted by Gasteiger charge is 2.11. The fourth-order valence-electron chi connectivity index (χ4n) is 3.48. The zero-order chi connectivity index (χ0) is 21.5. The lowest BCUT2D eigenvalue weighted by molar-refractivity contribution is -0.123. The summed E-state index contributed by atoms with van der Waals surface area (Å²) in [5.41, 5.74) is 4.29. The molecular formula is C24H32N4O2. The van der Waals surface area contributed by atoms with Crippen molar-refractivity contribution in [3.63, 3.8) is 0 Å². The van der Waals surface area contributed by atoms with Gasteiger partial charge in [0.05, 0.1) is 11.0 Å². The van der Waals surface area contributed by atoms with E-state index in [1.807, 2.05) is 50.2 Å². The first-order valence-electron chi connectivity index (χ1n) is 10.5. The van der Waals surface area contributed by atoms with E-state index in [4.69, 9.17) is 9.72 Å². The molecule has 0 unspecified atom stereocenters. The van der Waals surface area contributed by atoms with E-state index in [2.05, 4.69) is 34.9 Å². The lowest BCUT2D eigenvalue weighted by Crippen LogP contribution is -2.31. The summed E-state index contributed by atoms with van der Waals surface area (Å²) in [6.07, 6.45) is 1.74. The van der Waals surface area contributed by atoms with Crippen LogP contribution < -0.4 is 10.1 Å². The molecule has 0 saturated carbocycles. The molecule has 0 aliphatic heterocycles. The Labute approximate surface area is 178 Å². The van der Waals surface area contributed by atoms with Crippen LogP contribution in [0.3, 0.4) is 0 Å². The van der Waals surface area contributed by atoms with Crippen LogP contribution in [0.5, 0.6) is 5.75 Å². The number of ether oxygens (including phenoxy) is 1. The number of carbonyl (C=O) groups is 1. The topological polar surface area (TPSA) is 59.4 Å². The second kappa shape index (κ2) is 10.3. The van der Waals surface area contributed by atoms with Gasteiger partial charge >= 0.3 is 0 Å². The summed E-state index contributed by atoms with van der Waals surface area (Å²) in [6, 6.07) is 14.2. The summed E-state index contributed by atoms with van der Waals surface area (Å²) in [6.45, 7) is 6.48. The van der Waals surface area contributed by atoms with Gasteiger partial charge in [0.25, 0.3) is 5.91 Å². The average molecular weight is 409 g/mol. The molecule has 6 nitrogen and oxygen atoms in total. The number of benzene rings is 2. The minimum Gasteiger partial charge on any atom is -0.483 e. The molecule has 1 heterocycles. The van der Waals surface area contributed by atoms with E-state index in [1.165, 1.54) is 0 Å². The lowest BCUT2D eigenvalue weighted by Gasteiger charge is -2.13. The van der Waals surface area contributed by atoms with Gasteiger partial charge in [-0.25, -0.2) is 4.98 Å². The van der Waals surface area contributed by atoms with Gasteiger partial charge in [0.1, 0.15) is 11.6 Å². The van der Waals surface area contributed by atoms with Crippen LogP contribution in [0, 0.1) is 13.8 Å². The molecule has 0 aliphatic carbocycles. The Hall–Kier alpha value is -2.86. The number of aryl methyl sites for hydroxylation is 3. The van der Waals surface area contributed by atoms with E-state index >= 15 is 0 Å². The maximum Gasteiger partial charge on any atom is 0.257 e. The van der Waals surface area contributed by atoms with Crippen molar-refractivity contribution in [1.29, 1.82) is 0 Å². The van der Waals surface area contributed by atoms with Gasteiger partial charge in [-0.05, 0) is 70.2 Å². The van der Waals surface area contributed by atoms with Gasteiger partial charge in [-0.15, -0.1) is 0 Å². The molecule has 0 bridgehead atoms. The maximum atomic E-state index is 12.2. The molecule has 1 N–H and O–H groups in total. The van der Waals surface area contributed by atoms with Gasteiger partial charge < -0.3 is 19.5 Å². The third-order valence-electron chi connectivity index (χ3n) is 5.09. The summed E-state index contributed by atoms with van der Waals surface area (Å²) in [7, 11) is 4.17. The van der Waals surface area contributed by atoms with Crippen LogP contribution in [0.25, 0.3) is 11.0 Å². The van der Waals surface area contributed by atoms with E-state index in [1.54, 1.807) is 0 Å². The quantitative estimate of drug-likeness (QED) is 0.559. The SMILES string of the molecule is Cc1ccc(C)c(OCC(=O)NCCc2nc3ccccc3n2CCCN(C)C)c1. The van der Waals surface area contributed by atoms with Crippen LogP contribution in [0.4, 0.5) is 0 Å². The minimum atomic E-state index is -0.119. The highest BCUT2D eigenvalue weighted by molar-refractivity contribution is 5.78. The average Bonchev–Trinajstić information content (AvgIpc) is 3.06. The highest BCUT2D eigenvalue weighted by Crippen LogP contribution is 2.19. The number of amides is 1. The molecule has 0 radical (unpaired) electrons. The molecular weight excluding hydrogens is 376 g/mol. The summed E-state index contributed by atoms with van der Waals surface area (Å²) in [5.74, 6) is 1.64. The first kappa shape index (κ1) is 21.8. The lowest BCUT2D eigenvalue weighted by atomic mass is 10.1. The smallest absolute Gasteiger partial charge is 0.257 e. The second-order valence-corrected chi connectivity index (χ2v) is 7.98. The van der Waals surface area contributed by atoms with Crippen molar-refractivity contribution in [3.8, 4) is 5.75 Å². The Morgan fingerprint density at radius 2 is 1.97 bits per heavy atom. The number of hydrogen-bond donors (Lipinski definition) is 1. The fourth-order valence-corrected chi connectivity index (χ4v) is 3.48. The summed E-state index contributed by atoms with van der Waals surface area (Å²) >= 11 is 0. The van der Waals surface area contributed by atoms with Crippen LogP contribution in [-0.4, -0.2) is 54.1 Å². The molecule has 1 aromatic heterocycles. The van der Waals surface area contributed by atoms with Crippen LogP contribution in [0.1, 0.15) is 23.4 Å². The molecule has 2 aromatic carbocycles. The molecule has 3 rings (SSSR count). The third-order valence-corrected chi connectivity index (χ3v) is 5.09. The Kier molecular flexibility index (Phi) is 7.46. The van der Waals surface area contributed by atoms with Gasteiger partial charge in [-0.1, -0.05) is 24.3 Å². The molecule has 160 valence electrons. The van der Waals surface area contributed by atoms with Gasteiger partial charge in [0, 0.05) is 19.5 Å². The molecule has 1 amide bonds. The predicted octanol–water partition coefficient (Wildman–Crippen LogP) is 3.34. The highest BCUT2D eigenvalue weighted by atomic mass is 16.5. The number of nitrogens with zero attached hydrogens (tertiary/aromatic N) is 3. The van der Waals surface area contributed by atoms with Crippen LogP contribution in [-0.2, 0) is 17.8 Å². The number of rotatable bonds is 10. The first-order chi connectivity index (χ1) is 14.4. The Morgan fingerprint density at radius 3 is 2.77 bits per heavy atom. The molecule has 0 spiro atoms. The molecule has 6 heteroatoms. The summed E-state index contributed by atoms with van der Waals surface area (Å²) < 4.78 is 7.97. The van der Waals surface area contributed by atoms with Gasteiger partial charge in [0.15, 0.2) is 6.61 Å². The van der Waals surface area contributed by atoms with Gasteiger partial charge in [-0.2, -0.15) is 0 Å². The fraction of sp³-hybridized carbons (Fsp3) is 0.417. The molecule has 30 heavy (non-hydrogen) atoms. The van der Waals surface area contributed by atoms with Gasteiger partial charge in [0.2, 0.25) is 0 Å². The summed E-state index contributed by atoms with van der Waals surface area (Å²) in [5, 5.41) is 2.96. The van der Waals surface area contributed by atoms with Crippen molar-refractivity contribution in [2.75, 3.05) is 33.8 Å². The van der Waals surface area contributed by atoms with Crippen molar-refractivity contribution in [1.82, 2.24) is 19.8 Å². The Balaban J connectivity index is 1.55. The van der Waals surface area contributed by atoms with E-state index in [9.17, 15) is 4.79 Å². The maximum absolute atomic E-state index is 12.2. The first-order valence-corrected chi connectivity index (χ1v) is 10.5. The second-order valence-electron chi connectivity index (χ2n) is 7.98. The van der Waals surface area contributed by atoms with E-state index in [0.717, 1.165) is 53.2 Å². The standard InChI is InChI=1S/C24H32N4O2/c1-18-10-11-19(2)22(16-18)30-17-24(29)25-13-12-23-26-20-8-5-6-9-21(20)28(23)15-7-14-27(3)4/h5-6,8-11,16H,7,12-15,17H2,1-4H3,(H,25,29). The Bertz CT molecular complexity index is 994. The molecule has 0 aliphatic rings. The third kappa shape index (κ3) is 5.83. The van der Waals surface area contributed by atoms with Crippen LogP contribution >= 0.6 is 0 Å². The molecule has 0 fully saturated rings. The van der Waals surface area contributed by atoms with Crippen LogP contribution in [0.2, 0.25) is 0 Å². The molecule has 0 saturated heterocycles. The molecule has 0 atom stereocenters.